The molecule has 1 aliphatic rings. The molecule has 0 bridgehead atoms. The van der Waals surface area contributed by atoms with Crippen LogP contribution in [0.5, 0.6) is 0 Å². The van der Waals surface area contributed by atoms with Gasteiger partial charge in [0.2, 0.25) is 0 Å². The first kappa shape index (κ1) is 14.0. The number of carboxylic acids is 1. The lowest BCUT2D eigenvalue weighted by molar-refractivity contribution is -0.137. The molecule has 0 fully saturated rings. The zero-order chi connectivity index (χ0) is 14.8. The van der Waals surface area contributed by atoms with Crippen LogP contribution in [0.1, 0.15) is 6.42 Å². The van der Waals surface area contributed by atoms with Gasteiger partial charge in [-0.3, -0.25) is 14.3 Å². The van der Waals surface area contributed by atoms with Crippen molar-refractivity contribution < 1.29 is 14.3 Å². The first-order chi connectivity index (χ1) is 10.1. The van der Waals surface area contributed by atoms with Gasteiger partial charge >= 0.3 is 5.97 Å². The standard InChI is InChI=1S/C13H13FN4O2S/c14-10-3-1-2-9(6-10)12-15-16-13-18(12)7-17(8-21-13)5-4-11(19)20/h1-3,6H,4-5,7-8H2,(H,19,20). The molecule has 0 aliphatic carbocycles. The van der Waals surface area contributed by atoms with Gasteiger partial charge in [0, 0.05) is 12.1 Å². The molecule has 0 amide bonds. The number of hydrogen-bond donors (Lipinski definition) is 1. The number of benzene rings is 1. The third-order valence-corrected chi connectivity index (χ3v) is 4.21. The number of thioether (sulfide) groups is 1. The first-order valence-corrected chi connectivity index (χ1v) is 7.38. The van der Waals surface area contributed by atoms with Crippen LogP contribution in [-0.4, -0.2) is 43.2 Å². The highest BCUT2D eigenvalue weighted by Crippen LogP contribution is 2.29. The summed E-state index contributed by atoms with van der Waals surface area (Å²) in [6.07, 6.45) is 0.0906. The first-order valence-electron chi connectivity index (χ1n) is 6.39. The van der Waals surface area contributed by atoms with Gasteiger partial charge in [0.1, 0.15) is 5.82 Å². The largest absolute Gasteiger partial charge is 0.481 e. The lowest BCUT2D eigenvalue weighted by atomic mass is 10.2. The molecule has 110 valence electrons. The molecule has 2 aromatic rings. The van der Waals surface area contributed by atoms with Gasteiger partial charge in [0.15, 0.2) is 11.0 Å². The smallest absolute Gasteiger partial charge is 0.304 e. The fourth-order valence-corrected chi connectivity index (χ4v) is 3.05. The summed E-state index contributed by atoms with van der Waals surface area (Å²) in [6.45, 7) is 0.969. The predicted molar refractivity (Wildman–Crippen MR) is 75.1 cm³/mol. The Morgan fingerprint density at radius 1 is 1.43 bits per heavy atom. The molecule has 1 aromatic carbocycles. The second-order valence-corrected chi connectivity index (χ2v) is 5.61. The Balaban J connectivity index is 1.84. The van der Waals surface area contributed by atoms with E-state index in [-0.39, 0.29) is 12.2 Å². The number of carboxylic acid groups (broad SMARTS) is 1. The Labute approximate surface area is 124 Å². The van der Waals surface area contributed by atoms with Gasteiger partial charge in [-0.15, -0.1) is 10.2 Å². The second kappa shape index (κ2) is 5.82. The van der Waals surface area contributed by atoms with Crippen LogP contribution in [0.25, 0.3) is 11.4 Å². The Morgan fingerprint density at radius 2 is 2.29 bits per heavy atom. The van der Waals surface area contributed by atoms with Crippen LogP contribution in [0.4, 0.5) is 4.39 Å². The van der Waals surface area contributed by atoms with Crippen molar-refractivity contribution in [3.63, 3.8) is 0 Å². The summed E-state index contributed by atoms with van der Waals surface area (Å²) >= 11 is 1.50. The maximum absolute atomic E-state index is 13.3. The summed E-state index contributed by atoms with van der Waals surface area (Å²) in [5.41, 5.74) is 0.662. The normalized spacial score (nSPS) is 14.9. The maximum Gasteiger partial charge on any atom is 0.304 e. The average molecular weight is 308 g/mol. The molecular formula is C13H13FN4O2S. The molecule has 3 rings (SSSR count). The van der Waals surface area contributed by atoms with Crippen molar-refractivity contribution in [3.8, 4) is 11.4 Å². The molecule has 0 radical (unpaired) electrons. The lowest BCUT2D eigenvalue weighted by Gasteiger charge is -2.27. The zero-order valence-corrected chi connectivity index (χ0v) is 11.9. The van der Waals surface area contributed by atoms with E-state index in [0.29, 0.717) is 30.5 Å². The molecular weight excluding hydrogens is 295 g/mol. The van der Waals surface area contributed by atoms with Crippen LogP contribution in [0, 0.1) is 5.82 Å². The summed E-state index contributed by atoms with van der Waals surface area (Å²) in [5, 5.41) is 17.7. The minimum atomic E-state index is -0.820. The van der Waals surface area contributed by atoms with E-state index in [9.17, 15) is 9.18 Å². The topological polar surface area (TPSA) is 71.2 Å². The molecule has 1 N–H and O–H groups in total. The van der Waals surface area contributed by atoms with Crippen LogP contribution in [-0.2, 0) is 11.5 Å². The summed E-state index contributed by atoms with van der Waals surface area (Å²) < 4.78 is 15.2. The van der Waals surface area contributed by atoms with Crippen molar-refractivity contribution in [2.45, 2.75) is 18.2 Å². The van der Waals surface area contributed by atoms with Gasteiger partial charge in [-0.25, -0.2) is 4.39 Å². The van der Waals surface area contributed by atoms with E-state index < -0.39 is 5.97 Å². The summed E-state index contributed by atoms with van der Waals surface area (Å²) in [6, 6.07) is 6.20. The Hall–Kier alpha value is -1.93. The van der Waals surface area contributed by atoms with Gasteiger partial charge in [0.25, 0.3) is 0 Å². The van der Waals surface area contributed by atoms with Gasteiger partial charge in [-0.05, 0) is 12.1 Å². The van der Waals surface area contributed by atoms with Gasteiger partial charge in [-0.1, -0.05) is 23.9 Å². The van der Waals surface area contributed by atoms with E-state index >= 15 is 0 Å². The van der Waals surface area contributed by atoms with Crippen LogP contribution in [0.2, 0.25) is 0 Å². The Morgan fingerprint density at radius 3 is 3.05 bits per heavy atom. The predicted octanol–water partition coefficient (Wildman–Crippen LogP) is 1.88. The number of carbonyl (C=O) groups is 1. The molecule has 1 aliphatic heterocycles. The number of nitrogens with zero attached hydrogens (tertiary/aromatic N) is 4. The highest BCUT2D eigenvalue weighted by Gasteiger charge is 2.22. The molecule has 0 saturated heterocycles. The van der Waals surface area contributed by atoms with Crippen molar-refractivity contribution in [1.29, 1.82) is 0 Å². The van der Waals surface area contributed by atoms with E-state index in [4.69, 9.17) is 5.11 Å². The average Bonchev–Trinajstić information content (AvgIpc) is 2.88. The molecule has 0 saturated carbocycles. The van der Waals surface area contributed by atoms with Crippen molar-refractivity contribution in [2.75, 3.05) is 12.4 Å². The molecule has 0 spiro atoms. The fraction of sp³-hybridized carbons (Fsp3) is 0.308. The van der Waals surface area contributed by atoms with E-state index in [1.54, 1.807) is 12.1 Å². The molecule has 0 atom stereocenters. The Bertz CT molecular complexity index is 676. The van der Waals surface area contributed by atoms with Crippen molar-refractivity contribution in [2.24, 2.45) is 0 Å². The van der Waals surface area contributed by atoms with Crippen molar-refractivity contribution >= 4 is 17.7 Å². The highest BCUT2D eigenvalue weighted by atomic mass is 32.2. The SMILES string of the molecule is O=C(O)CCN1CSc2nnc(-c3cccc(F)c3)n2C1. The fourth-order valence-electron chi connectivity index (χ4n) is 2.14. The minimum absolute atomic E-state index is 0.0906. The minimum Gasteiger partial charge on any atom is -0.481 e. The van der Waals surface area contributed by atoms with E-state index in [1.807, 2.05) is 9.47 Å². The highest BCUT2D eigenvalue weighted by molar-refractivity contribution is 7.99. The zero-order valence-electron chi connectivity index (χ0n) is 11.1. The van der Waals surface area contributed by atoms with Crippen LogP contribution in [0.15, 0.2) is 29.4 Å². The number of aliphatic carboxylic acids is 1. The number of fused-ring (bicyclic) bond motifs is 1. The number of halogens is 1. The van der Waals surface area contributed by atoms with Crippen molar-refractivity contribution in [1.82, 2.24) is 19.7 Å². The van der Waals surface area contributed by atoms with E-state index in [1.165, 1.54) is 23.9 Å². The van der Waals surface area contributed by atoms with E-state index in [0.717, 1.165) is 5.16 Å². The Kier molecular flexibility index (Phi) is 3.89. The molecule has 0 unspecified atom stereocenters. The second-order valence-electron chi connectivity index (χ2n) is 4.70. The summed E-state index contributed by atoms with van der Waals surface area (Å²) in [7, 11) is 0. The summed E-state index contributed by atoms with van der Waals surface area (Å²) in [5.74, 6) is 0.127. The van der Waals surface area contributed by atoms with Crippen molar-refractivity contribution in [3.05, 3.63) is 30.1 Å². The van der Waals surface area contributed by atoms with Crippen LogP contribution in [0.3, 0.4) is 0 Å². The number of rotatable bonds is 4. The van der Waals surface area contributed by atoms with Crippen LogP contribution >= 0.6 is 11.8 Å². The maximum atomic E-state index is 13.3. The van der Waals surface area contributed by atoms with Gasteiger partial charge in [-0.2, -0.15) is 0 Å². The third kappa shape index (κ3) is 3.06. The number of hydrogen-bond acceptors (Lipinski definition) is 5. The molecule has 1 aromatic heterocycles. The monoisotopic (exact) mass is 308 g/mol. The molecule has 21 heavy (non-hydrogen) atoms. The van der Waals surface area contributed by atoms with Gasteiger partial charge in [0.05, 0.1) is 19.0 Å². The summed E-state index contributed by atoms with van der Waals surface area (Å²) in [4.78, 5) is 12.7. The quantitative estimate of drug-likeness (QED) is 0.930. The van der Waals surface area contributed by atoms with E-state index in [2.05, 4.69) is 10.2 Å². The molecule has 6 nitrogen and oxygen atoms in total. The third-order valence-electron chi connectivity index (χ3n) is 3.16. The number of aromatic nitrogens is 3. The lowest BCUT2D eigenvalue weighted by Crippen LogP contribution is -2.32. The van der Waals surface area contributed by atoms with Crippen LogP contribution < -0.4 is 0 Å². The van der Waals surface area contributed by atoms with Gasteiger partial charge < -0.3 is 5.11 Å². The molecule has 2 heterocycles. The molecule has 8 heteroatoms.